The standard InChI is InChI=1S/C12H19NO3.C2H2O4/c14-7-6-13(9-12(16)10-15)8-11-4-2-1-3-5-11;3-1(4)2(5)6/h1-5,12,14-16H,6-10H2;(H,3,4)(H,5,6). The van der Waals surface area contributed by atoms with E-state index in [0.717, 1.165) is 5.56 Å². The number of hydrogen-bond donors (Lipinski definition) is 5. The van der Waals surface area contributed by atoms with Crippen LogP contribution in [0.4, 0.5) is 0 Å². The number of benzene rings is 1. The van der Waals surface area contributed by atoms with E-state index in [-0.39, 0.29) is 13.2 Å². The Hall–Kier alpha value is -2.00. The first kappa shape index (κ1) is 20.0. The molecule has 0 fully saturated rings. The lowest BCUT2D eigenvalue weighted by Gasteiger charge is -2.23. The summed E-state index contributed by atoms with van der Waals surface area (Å²) in [5, 5.41) is 41.8. The topological polar surface area (TPSA) is 139 Å². The van der Waals surface area contributed by atoms with E-state index in [1.807, 2.05) is 35.2 Å². The van der Waals surface area contributed by atoms with Gasteiger partial charge in [-0.25, -0.2) is 9.59 Å². The van der Waals surface area contributed by atoms with E-state index in [0.29, 0.717) is 19.6 Å². The summed E-state index contributed by atoms with van der Waals surface area (Å²) in [5.74, 6) is -3.65. The van der Waals surface area contributed by atoms with Gasteiger partial charge in [0.05, 0.1) is 19.3 Å². The van der Waals surface area contributed by atoms with Crippen LogP contribution >= 0.6 is 0 Å². The average Bonchev–Trinajstić information content (AvgIpc) is 2.49. The van der Waals surface area contributed by atoms with Crippen LogP contribution in [-0.4, -0.2) is 74.8 Å². The molecule has 0 bridgehead atoms. The Kier molecular flexibility index (Phi) is 10.6. The Balaban J connectivity index is 0.000000626. The predicted octanol–water partition coefficient (Wildman–Crippen LogP) is -1.01. The SMILES string of the molecule is O=C(O)C(=O)O.OCCN(Cc1ccccc1)CC(O)CO. The van der Waals surface area contributed by atoms with Crippen molar-refractivity contribution in [1.29, 1.82) is 0 Å². The maximum atomic E-state index is 9.36. The number of aliphatic hydroxyl groups is 3. The van der Waals surface area contributed by atoms with Gasteiger partial charge in [0.1, 0.15) is 0 Å². The Morgan fingerprint density at radius 2 is 1.59 bits per heavy atom. The smallest absolute Gasteiger partial charge is 0.414 e. The second-order valence-corrected chi connectivity index (χ2v) is 4.39. The van der Waals surface area contributed by atoms with Crippen molar-refractivity contribution in [2.75, 3.05) is 26.3 Å². The lowest BCUT2D eigenvalue weighted by Crippen LogP contribution is -2.35. The molecule has 0 aliphatic rings. The molecule has 22 heavy (non-hydrogen) atoms. The van der Waals surface area contributed by atoms with Crippen LogP contribution in [-0.2, 0) is 16.1 Å². The lowest BCUT2D eigenvalue weighted by molar-refractivity contribution is -0.159. The predicted molar refractivity (Wildman–Crippen MR) is 77.2 cm³/mol. The van der Waals surface area contributed by atoms with E-state index in [9.17, 15) is 5.11 Å². The summed E-state index contributed by atoms with van der Waals surface area (Å²) < 4.78 is 0. The van der Waals surface area contributed by atoms with Gasteiger partial charge in [0.25, 0.3) is 0 Å². The van der Waals surface area contributed by atoms with Crippen molar-refractivity contribution in [3.05, 3.63) is 35.9 Å². The third-order valence-corrected chi connectivity index (χ3v) is 2.53. The van der Waals surface area contributed by atoms with Gasteiger partial charge in [-0.2, -0.15) is 0 Å². The molecule has 1 unspecified atom stereocenters. The number of aliphatic carboxylic acids is 2. The van der Waals surface area contributed by atoms with Gasteiger partial charge >= 0.3 is 11.9 Å². The van der Waals surface area contributed by atoms with Gasteiger partial charge in [-0.3, -0.25) is 4.90 Å². The lowest BCUT2D eigenvalue weighted by atomic mass is 10.2. The molecule has 0 amide bonds. The number of hydrogen-bond acceptors (Lipinski definition) is 6. The zero-order valence-electron chi connectivity index (χ0n) is 12.0. The summed E-state index contributed by atoms with van der Waals surface area (Å²) in [6.45, 7) is 1.32. The molecule has 124 valence electrons. The summed E-state index contributed by atoms with van der Waals surface area (Å²) in [7, 11) is 0. The summed E-state index contributed by atoms with van der Waals surface area (Å²) in [4.78, 5) is 20.1. The summed E-state index contributed by atoms with van der Waals surface area (Å²) >= 11 is 0. The minimum absolute atomic E-state index is 0.0466. The van der Waals surface area contributed by atoms with Crippen molar-refractivity contribution in [2.24, 2.45) is 0 Å². The van der Waals surface area contributed by atoms with Gasteiger partial charge in [0, 0.05) is 19.6 Å². The van der Waals surface area contributed by atoms with Crippen molar-refractivity contribution < 1.29 is 35.1 Å². The molecule has 0 aliphatic carbocycles. The minimum atomic E-state index is -1.82. The van der Waals surface area contributed by atoms with Gasteiger partial charge in [-0.05, 0) is 5.56 Å². The zero-order valence-corrected chi connectivity index (χ0v) is 12.0. The number of nitrogens with zero attached hydrogens (tertiary/aromatic N) is 1. The van der Waals surface area contributed by atoms with Crippen molar-refractivity contribution in [3.63, 3.8) is 0 Å². The molecule has 1 atom stereocenters. The van der Waals surface area contributed by atoms with Crippen molar-refractivity contribution >= 4 is 11.9 Å². The monoisotopic (exact) mass is 315 g/mol. The van der Waals surface area contributed by atoms with Crippen molar-refractivity contribution in [1.82, 2.24) is 4.90 Å². The largest absolute Gasteiger partial charge is 0.473 e. The van der Waals surface area contributed by atoms with Crippen LogP contribution in [0.25, 0.3) is 0 Å². The van der Waals surface area contributed by atoms with Crippen LogP contribution < -0.4 is 0 Å². The third-order valence-electron chi connectivity index (χ3n) is 2.53. The normalized spacial score (nSPS) is 11.5. The molecule has 8 nitrogen and oxygen atoms in total. The third kappa shape index (κ3) is 9.83. The fourth-order valence-electron chi connectivity index (χ4n) is 1.57. The van der Waals surface area contributed by atoms with Crippen LogP contribution in [0, 0.1) is 0 Å². The van der Waals surface area contributed by atoms with Gasteiger partial charge in [0.15, 0.2) is 0 Å². The molecule has 0 saturated heterocycles. The molecular weight excluding hydrogens is 294 g/mol. The Bertz CT molecular complexity index is 426. The summed E-state index contributed by atoms with van der Waals surface area (Å²) in [6.07, 6.45) is -0.754. The number of carboxylic acids is 2. The van der Waals surface area contributed by atoms with E-state index < -0.39 is 18.0 Å². The van der Waals surface area contributed by atoms with Crippen LogP contribution in [0.2, 0.25) is 0 Å². The van der Waals surface area contributed by atoms with E-state index in [1.165, 1.54) is 0 Å². The molecule has 0 saturated carbocycles. The molecule has 0 spiro atoms. The highest BCUT2D eigenvalue weighted by Crippen LogP contribution is 2.04. The minimum Gasteiger partial charge on any atom is -0.473 e. The Morgan fingerprint density at radius 1 is 1.05 bits per heavy atom. The Morgan fingerprint density at radius 3 is 2.00 bits per heavy atom. The van der Waals surface area contributed by atoms with Crippen LogP contribution in [0.1, 0.15) is 5.56 Å². The van der Waals surface area contributed by atoms with Gasteiger partial charge in [0.2, 0.25) is 0 Å². The molecule has 0 heterocycles. The molecule has 1 aromatic rings. The number of rotatable bonds is 7. The maximum Gasteiger partial charge on any atom is 0.414 e. The number of aliphatic hydroxyl groups excluding tert-OH is 3. The molecule has 1 rings (SSSR count). The van der Waals surface area contributed by atoms with E-state index in [2.05, 4.69) is 0 Å². The van der Waals surface area contributed by atoms with Crippen LogP contribution in [0.5, 0.6) is 0 Å². The van der Waals surface area contributed by atoms with E-state index in [1.54, 1.807) is 0 Å². The highest BCUT2D eigenvalue weighted by atomic mass is 16.4. The molecule has 0 radical (unpaired) electrons. The fraction of sp³-hybridized carbons (Fsp3) is 0.429. The number of carbonyl (C=O) groups is 2. The first-order valence-electron chi connectivity index (χ1n) is 6.53. The first-order chi connectivity index (χ1) is 10.4. The van der Waals surface area contributed by atoms with Gasteiger partial charge < -0.3 is 25.5 Å². The van der Waals surface area contributed by atoms with Crippen LogP contribution in [0.15, 0.2) is 30.3 Å². The first-order valence-corrected chi connectivity index (χ1v) is 6.53. The summed E-state index contributed by atoms with van der Waals surface area (Å²) in [5.41, 5.74) is 1.13. The highest BCUT2D eigenvalue weighted by molar-refractivity contribution is 6.27. The second kappa shape index (κ2) is 11.6. The van der Waals surface area contributed by atoms with E-state index >= 15 is 0 Å². The fourth-order valence-corrected chi connectivity index (χ4v) is 1.57. The zero-order chi connectivity index (χ0) is 17.0. The van der Waals surface area contributed by atoms with Gasteiger partial charge in [-0.15, -0.1) is 0 Å². The van der Waals surface area contributed by atoms with Gasteiger partial charge in [-0.1, -0.05) is 30.3 Å². The van der Waals surface area contributed by atoms with Crippen molar-refractivity contribution in [3.8, 4) is 0 Å². The highest BCUT2D eigenvalue weighted by Gasteiger charge is 2.10. The van der Waals surface area contributed by atoms with E-state index in [4.69, 9.17) is 30.0 Å². The molecule has 0 aromatic heterocycles. The van der Waals surface area contributed by atoms with Crippen LogP contribution in [0.3, 0.4) is 0 Å². The second-order valence-electron chi connectivity index (χ2n) is 4.39. The molecule has 5 N–H and O–H groups in total. The molecule has 8 heteroatoms. The quantitative estimate of drug-likeness (QED) is 0.403. The number of carboxylic acid groups (broad SMARTS) is 2. The molecular formula is C14H21NO7. The Labute approximate surface area is 127 Å². The van der Waals surface area contributed by atoms with Crippen molar-refractivity contribution in [2.45, 2.75) is 12.6 Å². The summed E-state index contributed by atoms with van der Waals surface area (Å²) in [6, 6.07) is 9.84. The molecule has 0 aliphatic heterocycles. The molecule has 1 aromatic carbocycles. The average molecular weight is 315 g/mol. The maximum absolute atomic E-state index is 9.36.